The summed E-state index contributed by atoms with van der Waals surface area (Å²) in [5.41, 5.74) is 5.62. The number of nitrogens with one attached hydrogen (secondary N) is 2. The second-order valence-electron chi connectivity index (χ2n) is 7.22. The van der Waals surface area contributed by atoms with Crippen LogP contribution in [-0.4, -0.2) is 38.6 Å². The van der Waals surface area contributed by atoms with Gasteiger partial charge in [-0.2, -0.15) is 10.2 Å². The minimum absolute atomic E-state index is 0. The van der Waals surface area contributed by atoms with E-state index >= 15 is 0 Å². The first-order valence-electron chi connectivity index (χ1n) is 10.2. The normalized spacial score (nSPS) is 11.3. The van der Waals surface area contributed by atoms with E-state index in [-0.39, 0.29) is 24.0 Å². The Morgan fingerprint density at radius 2 is 1.97 bits per heavy atom. The molecule has 0 saturated carbocycles. The highest BCUT2D eigenvalue weighted by Crippen LogP contribution is 2.17. The Morgan fingerprint density at radius 1 is 1.17 bits per heavy atom. The van der Waals surface area contributed by atoms with Gasteiger partial charge in [0.15, 0.2) is 5.96 Å². The Kier molecular flexibility index (Phi) is 9.35. The minimum Gasteiger partial charge on any atom is -0.357 e. The number of para-hydroxylation sites is 1. The number of hydrogen-bond donors (Lipinski definition) is 2. The van der Waals surface area contributed by atoms with Gasteiger partial charge in [0.1, 0.15) is 0 Å². The van der Waals surface area contributed by atoms with Gasteiger partial charge in [-0.15, -0.1) is 24.0 Å². The van der Waals surface area contributed by atoms with Crippen LogP contribution in [0.2, 0.25) is 0 Å². The molecule has 0 aliphatic rings. The summed E-state index contributed by atoms with van der Waals surface area (Å²) in [5, 5.41) is 15.6. The summed E-state index contributed by atoms with van der Waals surface area (Å²) in [5.74, 6) is 0.835. The molecule has 0 fully saturated rings. The minimum atomic E-state index is 0. The van der Waals surface area contributed by atoms with Crippen molar-refractivity contribution in [2.45, 2.75) is 40.2 Å². The van der Waals surface area contributed by atoms with Crippen molar-refractivity contribution in [2.75, 3.05) is 13.1 Å². The summed E-state index contributed by atoms with van der Waals surface area (Å²) in [6.07, 6.45) is 6.02. The molecular formula is C22H32IN7. The fraction of sp³-hybridized carbons (Fsp3) is 0.409. The molecule has 8 heteroatoms. The first kappa shape index (κ1) is 23.9. The van der Waals surface area contributed by atoms with E-state index in [2.05, 4.69) is 59.1 Å². The van der Waals surface area contributed by atoms with Gasteiger partial charge >= 0.3 is 0 Å². The van der Waals surface area contributed by atoms with Crippen molar-refractivity contribution in [3.05, 3.63) is 65.2 Å². The third-order valence-electron chi connectivity index (χ3n) is 4.67. The van der Waals surface area contributed by atoms with Crippen LogP contribution in [0.1, 0.15) is 35.9 Å². The number of benzene rings is 1. The summed E-state index contributed by atoms with van der Waals surface area (Å²) >= 11 is 0. The summed E-state index contributed by atoms with van der Waals surface area (Å²) in [7, 11) is 1.95. The molecule has 0 spiro atoms. The summed E-state index contributed by atoms with van der Waals surface area (Å²) < 4.78 is 3.84. The van der Waals surface area contributed by atoms with Gasteiger partial charge in [-0.05, 0) is 56.9 Å². The van der Waals surface area contributed by atoms with Gasteiger partial charge in [-0.1, -0.05) is 18.2 Å². The Morgan fingerprint density at radius 3 is 2.63 bits per heavy atom. The van der Waals surface area contributed by atoms with Gasteiger partial charge in [0, 0.05) is 32.0 Å². The van der Waals surface area contributed by atoms with Crippen LogP contribution < -0.4 is 10.6 Å². The zero-order valence-electron chi connectivity index (χ0n) is 18.2. The molecular weight excluding hydrogens is 489 g/mol. The zero-order valence-corrected chi connectivity index (χ0v) is 20.6. The summed E-state index contributed by atoms with van der Waals surface area (Å²) in [6.45, 7) is 8.45. The van der Waals surface area contributed by atoms with Crippen LogP contribution >= 0.6 is 24.0 Å². The van der Waals surface area contributed by atoms with Crippen molar-refractivity contribution in [3.8, 4) is 5.69 Å². The van der Waals surface area contributed by atoms with E-state index in [0.29, 0.717) is 6.54 Å². The lowest BCUT2D eigenvalue weighted by Crippen LogP contribution is -2.37. The molecule has 0 bridgehead atoms. The molecule has 0 unspecified atom stereocenters. The van der Waals surface area contributed by atoms with Gasteiger partial charge < -0.3 is 10.6 Å². The van der Waals surface area contributed by atoms with Crippen molar-refractivity contribution in [1.29, 1.82) is 0 Å². The molecule has 0 saturated heterocycles. The largest absolute Gasteiger partial charge is 0.357 e. The van der Waals surface area contributed by atoms with Crippen LogP contribution in [-0.2, 0) is 20.0 Å². The van der Waals surface area contributed by atoms with E-state index in [1.807, 2.05) is 41.7 Å². The molecule has 162 valence electrons. The highest BCUT2D eigenvalue weighted by Gasteiger charge is 2.08. The topological polar surface area (TPSA) is 72.1 Å². The number of aromatic nitrogens is 4. The van der Waals surface area contributed by atoms with Crippen molar-refractivity contribution < 1.29 is 0 Å². The average molecular weight is 521 g/mol. The summed E-state index contributed by atoms with van der Waals surface area (Å²) in [6, 6.07) is 10.4. The van der Waals surface area contributed by atoms with E-state index < -0.39 is 0 Å². The number of aryl methyl sites for hydroxylation is 4. The smallest absolute Gasteiger partial charge is 0.191 e. The highest BCUT2D eigenvalue weighted by atomic mass is 127. The lowest BCUT2D eigenvalue weighted by Gasteiger charge is -2.13. The molecule has 7 nitrogen and oxygen atoms in total. The SMILES string of the molecule is CCNC(=NCc1ccccc1-n1nc(C)cc1C)NCCCc1cnn(C)c1.I. The maximum Gasteiger partial charge on any atom is 0.191 e. The predicted molar refractivity (Wildman–Crippen MR) is 133 cm³/mol. The quantitative estimate of drug-likeness (QED) is 0.206. The third kappa shape index (κ3) is 6.58. The fourth-order valence-electron chi connectivity index (χ4n) is 3.33. The van der Waals surface area contributed by atoms with Crippen molar-refractivity contribution in [1.82, 2.24) is 30.2 Å². The third-order valence-corrected chi connectivity index (χ3v) is 4.67. The molecule has 0 radical (unpaired) electrons. The van der Waals surface area contributed by atoms with E-state index in [1.165, 1.54) is 5.56 Å². The molecule has 3 aromatic rings. The zero-order chi connectivity index (χ0) is 20.6. The number of guanidine groups is 1. The van der Waals surface area contributed by atoms with Crippen LogP contribution in [0.5, 0.6) is 0 Å². The average Bonchev–Trinajstić information content (AvgIpc) is 3.27. The Balaban J connectivity index is 0.00000320. The molecule has 30 heavy (non-hydrogen) atoms. The van der Waals surface area contributed by atoms with Crippen molar-refractivity contribution in [2.24, 2.45) is 12.0 Å². The Labute approximate surface area is 196 Å². The maximum absolute atomic E-state index is 4.79. The Bertz CT molecular complexity index is 958. The monoisotopic (exact) mass is 521 g/mol. The van der Waals surface area contributed by atoms with Crippen LogP contribution in [0.3, 0.4) is 0 Å². The molecule has 0 aliphatic heterocycles. The number of hydrogen-bond acceptors (Lipinski definition) is 3. The molecule has 0 atom stereocenters. The number of halogens is 1. The second kappa shape index (κ2) is 11.7. The lowest BCUT2D eigenvalue weighted by molar-refractivity contribution is 0.739. The van der Waals surface area contributed by atoms with E-state index in [9.17, 15) is 0 Å². The second-order valence-corrected chi connectivity index (χ2v) is 7.22. The lowest BCUT2D eigenvalue weighted by atomic mass is 10.2. The number of rotatable bonds is 8. The van der Waals surface area contributed by atoms with Crippen LogP contribution in [0.4, 0.5) is 0 Å². The predicted octanol–water partition coefficient (Wildman–Crippen LogP) is 3.53. The Hall–Kier alpha value is -2.36. The molecule has 0 aliphatic carbocycles. The van der Waals surface area contributed by atoms with E-state index in [4.69, 9.17) is 4.99 Å². The molecule has 2 aromatic heterocycles. The molecule has 3 rings (SSSR count). The van der Waals surface area contributed by atoms with Crippen molar-refractivity contribution >= 4 is 29.9 Å². The van der Waals surface area contributed by atoms with Gasteiger partial charge in [-0.3, -0.25) is 4.68 Å². The maximum atomic E-state index is 4.79. The van der Waals surface area contributed by atoms with Gasteiger partial charge in [0.25, 0.3) is 0 Å². The van der Waals surface area contributed by atoms with Crippen LogP contribution in [0.15, 0.2) is 47.7 Å². The molecule has 2 heterocycles. The van der Waals surface area contributed by atoms with Gasteiger partial charge in [0.05, 0.1) is 24.1 Å². The highest BCUT2D eigenvalue weighted by molar-refractivity contribution is 14.0. The number of nitrogens with zero attached hydrogens (tertiary/aromatic N) is 5. The van der Waals surface area contributed by atoms with Crippen LogP contribution in [0, 0.1) is 13.8 Å². The van der Waals surface area contributed by atoms with Gasteiger partial charge in [0.2, 0.25) is 0 Å². The van der Waals surface area contributed by atoms with Crippen LogP contribution in [0.25, 0.3) is 5.69 Å². The molecule has 1 aromatic carbocycles. The van der Waals surface area contributed by atoms with Crippen molar-refractivity contribution in [3.63, 3.8) is 0 Å². The first-order valence-corrected chi connectivity index (χ1v) is 10.2. The fourth-order valence-corrected chi connectivity index (χ4v) is 3.33. The molecule has 0 amide bonds. The van der Waals surface area contributed by atoms with E-state index in [0.717, 1.165) is 54.5 Å². The summed E-state index contributed by atoms with van der Waals surface area (Å²) in [4.78, 5) is 4.79. The van der Waals surface area contributed by atoms with E-state index in [1.54, 1.807) is 0 Å². The first-order chi connectivity index (χ1) is 14.1. The standard InChI is InChI=1S/C22H31N7.HI/c1-5-23-22(24-12-8-9-19-14-26-28(4)16-19)25-15-20-10-6-7-11-21(20)29-18(3)13-17(2)27-29;/h6-7,10-11,13-14,16H,5,8-9,12,15H2,1-4H3,(H2,23,24,25);1H. The number of aliphatic imine (C=N–C) groups is 1. The van der Waals surface area contributed by atoms with Gasteiger partial charge in [-0.25, -0.2) is 9.67 Å². The molecule has 2 N–H and O–H groups in total.